The second kappa shape index (κ2) is 6.83. The highest BCUT2D eigenvalue weighted by Gasteiger charge is 2.18. The third-order valence-corrected chi connectivity index (χ3v) is 3.72. The summed E-state index contributed by atoms with van der Waals surface area (Å²) in [5.74, 6) is -0.146. The number of hydrogen-bond acceptors (Lipinski definition) is 2. The first-order valence-corrected chi connectivity index (χ1v) is 7.35. The van der Waals surface area contributed by atoms with Crippen molar-refractivity contribution in [1.29, 1.82) is 0 Å². The van der Waals surface area contributed by atoms with E-state index in [-0.39, 0.29) is 5.91 Å². The van der Waals surface area contributed by atoms with Crippen molar-refractivity contribution >= 4 is 34.8 Å². The Morgan fingerprint density at radius 1 is 1.19 bits per heavy atom. The molecule has 0 radical (unpaired) electrons. The molecule has 2 aromatic rings. The molecule has 2 N–H and O–H groups in total. The maximum absolute atomic E-state index is 12.6. The zero-order valence-corrected chi connectivity index (χ0v) is 13.2. The number of benzene rings is 2. The summed E-state index contributed by atoms with van der Waals surface area (Å²) in [5.41, 5.74) is 7.83. The average Bonchev–Trinajstić information content (AvgIpc) is 2.46. The van der Waals surface area contributed by atoms with Gasteiger partial charge in [-0.3, -0.25) is 4.79 Å². The molecule has 0 saturated heterocycles. The Kier molecular flexibility index (Phi) is 5.10. The van der Waals surface area contributed by atoms with Gasteiger partial charge in [-0.15, -0.1) is 0 Å². The van der Waals surface area contributed by atoms with Gasteiger partial charge in [0, 0.05) is 23.8 Å². The van der Waals surface area contributed by atoms with Gasteiger partial charge in [0.25, 0.3) is 5.91 Å². The molecule has 0 spiro atoms. The molecule has 2 aromatic carbocycles. The number of halogens is 2. The molecule has 0 aromatic heterocycles. The summed E-state index contributed by atoms with van der Waals surface area (Å²) < 4.78 is 0. The molecule has 0 aliphatic carbocycles. The van der Waals surface area contributed by atoms with Gasteiger partial charge in [0.05, 0.1) is 10.6 Å². The number of hydrogen-bond donors (Lipinski definition) is 1. The Balaban J connectivity index is 2.24. The van der Waals surface area contributed by atoms with Crippen LogP contribution >= 0.6 is 23.2 Å². The van der Waals surface area contributed by atoms with E-state index in [1.807, 2.05) is 31.2 Å². The van der Waals surface area contributed by atoms with Gasteiger partial charge in [-0.05, 0) is 42.8 Å². The second-order valence-electron chi connectivity index (χ2n) is 4.69. The number of carbonyl (C=O) groups excluding carboxylic acids is 1. The van der Waals surface area contributed by atoms with Crippen molar-refractivity contribution in [2.45, 2.75) is 13.5 Å². The minimum Gasteiger partial charge on any atom is -0.399 e. The van der Waals surface area contributed by atoms with Gasteiger partial charge in [0.1, 0.15) is 0 Å². The summed E-state index contributed by atoms with van der Waals surface area (Å²) in [7, 11) is 0. The zero-order valence-electron chi connectivity index (χ0n) is 11.6. The van der Waals surface area contributed by atoms with E-state index in [0.717, 1.165) is 5.56 Å². The van der Waals surface area contributed by atoms with Crippen molar-refractivity contribution in [2.75, 3.05) is 12.3 Å². The topological polar surface area (TPSA) is 46.3 Å². The molecule has 0 heterocycles. The lowest BCUT2D eigenvalue weighted by molar-refractivity contribution is 0.0753. The Bertz CT molecular complexity index is 658. The first-order chi connectivity index (χ1) is 10.0. The zero-order chi connectivity index (χ0) is 15.4. The first kappa shape index (κ1) is 15.7. The quantitative estimate of drug-likeness (QED) is 0.856. The van der Waals surface area contributed by atoms with Gasteiger partial charge < -0.3 is 10.6 Å². The van der Waals surface area contributed by atoms with Crippen LogP contribution in [0.15, 0.2) is 42.5 Å². The van der Waals surface area contributed by atoms with Crippen molar-refractivity contribution in [3.63, 3.8) is 0 Å². The minimum atomic E-state index is -0.146. The highest BCUT2D eigenvalue weighted by Crippen LogP contribution is 2.23. The fraction of sp³-hybridized carbons (Fsp3) is 0.188. The first-order valence-electron chi connectivity index (χ1n) is 6.60. The van der Waals surface area contributed by atoms with E-state index in [2.05, 4.69) is 0 Å². The van der Waals surface area contributed by atoms with Crippen molar-refractivity contribution in [1.82, 2.24) is 4.90 Å². The molecule has 0 fully saturated rings. The van der Waals surface area contributed by atoms with Gasteiger partial charge in [-0.1, -0.05) is 35.3 Å². The van der Waals surface area contributed by atoms with Crippen LogP contribution in [0.5, 0.6) is 0 Å². The summed E-state index contributed by atoms with van der Waals surface area (Å²) in [6.07, 6.45) is 0. The summed E-state index contributed by atoms with van der Waals surface area (Å²) in [6, 6.07) is 12.4. The number of anilines is 1. The molecule has 0 bridgehead atoms. The lowest BCUT2D eigenvalue weighted by Gasteiger charge is -2.22. The molecule has 0 saturated carbocycles. The van der Waals surface area contributed by atoms with Crippen molar-refractivity contribution in [2.24, 2.45) is 0 Å². The minimum absolute atomic E-state index is 0.146. The number of nitrogens with two attached hydrogens (primary N) is 1. The predicted octanol–water partition coefficient (Wildman–Crippen LogP) is 4.24. The van der Waals surface area contributed by atoms with Gasteiger partial charge in [-0.2, -0.15) is 0 Å². The van der Waals surface area contributed by atoms with Crippen LogP contribution in [0.2, 0.25) is 10.0 Å². The summed E-state index contributed by atoms with van der Waals surface area (Å²) >= 11 is 12.0. The third-order valence-electron chi connectivity index (χ3n) is 3.15. The largest absolute Gasteiger partial charge is 0.399 e. The molecule has 5 heteroatoms. The van der Waals surface area contributed by atoms with Crippen LogP contribution in [0.25, 0.3) is 0 Å². The molecule has 0 aliphatic rings. The molecular formula is C16H16Cl2N2O. The summed E-state index contributed by atoms with van der Waals surface area (Å²) in [4.78, 5) is 14.3. The Labute approximate surface area is 134 Å². The smallest absolute Gasteiger partial charge is 0.255 e. The lowest BCUT2D eigenvalue weighted by Crippen LogP contribution is -2.30. The molecule has 21 heavy (non-hydrogen) atoms. The third kappa shape index (κ3) is 3.90. The van der Waals surface area contributed by atoms with Crippen LogP contribution < -0.4 is 5.73 Å². The Morgan fingerprint density at radius 3 is 2.62 bits per heavy atom. The van der Waals surface area contributed by atoms with E-state index in [1.54, 1.807) is 23.1 Å². The van der Waals surface area contributed by atoms with Crippen LogP contribution in [-0.4, -0.2) is 17.4 Å². The molecule has 2 rings (SSSR count). The number of rotatable bonds is 4. The van der Waals surface area contributed by atoms with Gasteiger partial charge in [0.15, 0.2) is 0 Å². The van der Waals surface area contributed by atoms with E-state index in [9.17, 15) is 4.79 Å². The summed E-state index contributed by atoms with van der Waals surface area (Å²) in [6.45, 7) is 2.96. The monoisotopic (exact) mass is 322 g/mol. The van der Waals surface area contributed by atoms with Crippen LogP contribution in [0.1, 0.15) is 22.8 Å². The molecule has 0 unspecified atom stereocenters. The van der Waals surface area contributed by atoms with Gasteiger partial charge in [-0.25, -0.2) is 0 Å². The van der Waals surface area contributed by atoms with Gasteiger partial charge in [0.2, 0.25) is 0 Å². The van der Waals surface area contributed by atoms with E-state index >= 15 is 0 Å². The highest BCUT2D eigenvalue weighted by atomic mass is 35.5. The number of nitrogen functional groups attached to an aromatic ring is 1. The lowest BCUT2D eigenvalue weighted by atomic mass is 10.1. The van der Waals surface area contributed by atoms with E-state index < -0.39 is 0 Å². The van der Waals surface area contributed by atoms with Gasteiger partial charge >= 0.3 is 0 Å². The Morgan fingerprint density at radius 2 is 1.95 bits per heavy atom. The second-order valence-corrected chi connectivity index (χ2v) is 5.53. The van der Waals surface area contributed by atoms with E-state index in [4.69, 9.17) is 28.9 Å². The van der Waals surface area contributed by atoms with Crippen molar-refractivity contribution < 1.29 is 4.79 Å². The van der Waals surface area contributed by atoms with Crippen LogP contribution in [0.4, 0.5) is 5.69 Å². The van der Waals surface area contributed by atoms with Crippen LogP contribution in [0, 0.1) is 0 Å². The van der Waals surface area contributed by atoms with E-state index in [1.165, 1.54) is 0 Å². The van der Waals surface area contributed by atoms with Crippen LogP contribution in [0.3, 0.4) is 0 Å². The molecule has 1 amide bonds. The fourth-order valence-electron chi connectivity index (χ4n) is 2.07. The number of carbonyl (C=O) groups is 1. The average molecular weight is 323 g/mol. The fourth-order valence-corrected chi connectivity index (χ4v) is 2.44. The van der Waals surface area contributed by atoms with E-state index in [0.29, 0.717) is 34.4 Å². The Hall–Kier alpha value is -1.71. The molecule has 110 valence electrons. The molecule has 0 atom stereocenters. The SMILES string of the molecule is CCN(Cc1cccc(N)c1)C(=O)c1cc(Cl)ccc1Cl. The molecule has 0 aliphatic heterocycles. The molecule has 3 nitrogen and oxygen atoms in total. The standard InChI is InChI=1S/C16H16Cl2N2O/c1-2-20(10-11-4-3-5-13(19)8-11)16(21)14-9-12(17)6-7-15(14)18/h3-9H,2,10,19H2,1H3. The maximum Gasteiger partial charge on any atom is 0.255 e. The normalized spacial score (nSPS) is 10.4. The predicted molar refractivity (Wildman–Crippen MR) is 87.7 cm³/mol. The molecular weight excluding hydrogens is 307 g/mol. The summed E-state index contributed by atoms with van der Waals surface area (Å²) in [5, 5.41) is 0.887. The van der Waals surface area contributed by atoms with Crippen LogP contribution in [-0.2, 0) is 6.54 Å². The number of amides is 1. The number of nitrogens with zero attached hydrogens (tertiary/aromatic N) is 1. The van der Waals surface area contributed by atoms with Crippen molar-refractivity contribution in [3.05, 3.63) is 63.6 Å². The maximum atomic E-state index is 12.6. The van der Waals surface area contributed by atoms with Crippen molar-refractivity contribution in [3.8, 4) is 0 Å². The highest BCUT2D eigenvalue weighted by molar-refractivity contribution is 6.35.